The predicted molar refractivity (Wildman–Crippen MR) is 82.8 cm³/mol. The molecule has 5 heteroatoms. The number of methoxy groups -OCH3 is 1. The van der Waals surface area contributed by atoms with Crippen molar-refractivity contribution in [2.45, 2.75) is 19.8 Å². The first-order valence-electron chi connectivity index (χ1n) is 7.57. The Labute approximate surface area is 129 Å². The molecule has 2 heterocycles. The van der Waals surface area contributed by atoms with Crippen LogP contribution in [0, 0.1) is 5.92 Å². The maximum atomic E-state index is 12.7. The van der Waals surface area contributed by atoms with Crippen LogP contribution in [0.4, 0.5) is 0 Å². The van der Waals surface area contributed by atoms with E-state index in [9.17, 15) is 4.79 Å². The number of carbonyl (C=O) groups excluding carboxylic acids is 1. The molecule has 3 rings (SSSR count). The second kappa shape index (κ2) is 6.22. The number of carbonyl (C=O) groups is 1. The molecule has 1 amide bonds. The highest BCUT2D eigenvalue weighted by Crippen LogP contribution is 2.27. The van der Waals surface area contributed by atoms with Crippen LogP contribution in [0.1, 0.15) is 30.1 Å². The van der Waals surface area contributed by atoms with E-state index >= 15 is 0 Å². The molecule has 0 bridgehead atoms. The van der Waals surface area contributed by atoms with Crippen LogP contribution >= 0.6 is 0 Å². The molecular weight excluding hydrogens is 280 g/mol. The third-order valence-electron chi connectivity index (χ3n) is 4.10. The first kappa shape index (κ1) is 14.6. The lowest BCUT2D eigenvalue weighted by Gasteiger charge is -2.30. The Hall–Kier alpha value is -2.30. The number of rotatable bonds is 3. The lowest BCUT2D eigenvalue weighted by molar-refractivity contribution is 0.0683. The van der Waals surface area contributed by atoms with Gasteiger partial charge in [-0.15, -0.1) is 0 Å². The van der Waals surface area contributed by atoms with E-state index in [1.165, 1.54) is 12.6 Å². The highest BCUT2D eigenvalue weighted by atomic mass is 16.5. The Morgan fingerprint density at radius 1 is 1.36 bits per heavy atom. The van der Waals surface area contributed by atoms with E-state index in [1.807, 2.05) is 29.2 Å². The van der Waals surface area contributed by atoms with Gasteiger partial charge in [-0.2, -0.15) is 0 Å². The largest absolute Gasteiger partial charge is 0.497 e. The van der Waals surface area contributed by atoms with Crippen molar-refractivity contribution in [3.8, 4) is 17.1 Å². The molecule has 2 aromatic rings. The molecule has 0 saturated carbocycles. The zero-order valence-corrected chi connectivity index (χ0v) is 12.9. The fourth-order valence-electron chi connectivity index (χ4n) is 2.89. The molecule has 1 saturated heterocycles. The van der Waals surface area contributed by atoms with Gasteiger partial charge in [0.25, 0.3) is 5.91 Å². The second-order valence-electron chi connectivity index (χ2n) is 5.80. The standard InChI is InChI=1S/C17H20N2O3/c1-12-4-3-9-19(11-12)17(20)15-10-18-22-16(15)13-5-7-14(21-2)8-6-13/h5-8,10,12H,3-4,9,11H2,1-2H3. The third kappa shape index (κ3) is 2.84. The quantitative estimate of drug-likeness (QED) is 0.873. The Balaban J connectivity index is 1.86. The molecule has 116 valence electrons. The number of nitrogens with zero attached hydrogens (tertiary/aromatic N) is 2. The van der Waals surface area contributed by atoms with E-state index in [0.29, 0.717) is 17.2 Å². The summed E-state index contributed by atoms with van der Waals surface area (Å²) in [5, 5.41) is 3.82. The van der Waals surface area contributed by atoms with E-state index in [0.717, 1.165) is 30.8 Å². The number of likely N-dealkylation sites (tertiary alicyclic amines) is 1. The van der Waals surface area contributed by atoms with Gasteiger partial charge >= 0.3 is 0 Å². The van der Waals surface area contributed by atoms with Gasteiger partial charge in [-0.25, -0.2) is 0 Å². The van der Waals surface area contributed by atoms with Crippen molar-refractivity contribution in [2.75, 3.05) is 20.2 Å². The summed E-state index contributed by atoms with van der Waals surface area (Å²) in [5.41, 5.74) is 1.35. The number of aromatic nitrogens is 1. The number of piperidine rings is 1. The summed E-state index contributed by atoms with van der Waals surface area (Å²) >= 11 is 0. The molecule has 1 aromatic heterocycles. The minimum absolute atomic E-state index is 0.00128. The fraction of sp³-hybridized carbons (Fsp3) is 0.412. The van der Waals surface area contributed by atoms with E-state index in [1.54, 1.807) is 7.11 Å². The van der Waals surface area contributed by atoms with Gasteiger partial charge in [0, 0.05) is 18.7 Å². The van der Waals surface area contributed by atoms with Crippen molar-refractivity contribution in [3.05, 3.63) is 36.0 Å². The van der Waals surface area contributed by atoms with Gasteiger partial charge in [0.05, 0.1) is 13.3 Å². The van der Waals surface area contributed by atoms with Crippen LogP contribution < -0.4 is 4.74 Å². The normalized spacial score (nSPS) is 18.3. The van der Waals surface area contributed by atoms with Gasteiger partial charge < -0.3 is 14.2 Å². The summed E-state index contributed by atoms with van der Waals surface area (Å²) in [6, 6.07) is 7.42. The zero-order valence-electron chi connectivity index (χ0n) is 12.9. The molecule has 1 unspecified atom stereocenters. The van der Waals surface area contributed by atoms with Crippen LogP contribution in [0.2, 0.25) is 0 Å². The smallest absolute Gasteiger partial charge is 0.259 e. The van der Waals surface area contributed by atoms with Crippen molar-refractivity contribution in [1.82, 2.24) is 10.1 Å². The Morgan fingerprint density at radius 3 is 2.82 bits per heavy atom. The summed E-state index contributed by atoms with van der Waals surface area (Å²) in [4.78, 5) is 14.6. The summed E-state index contributed by atoms with van der Waals surface area (Å²) in [7, 11) is 1.62. The highest BCUT2D eigenvalue weighted by molar-refractivity contribution is 5.99. The van der Waals surface area contributed by atoms with E-state index in [4.69, 9.17) is 9.26 Å². The average Bonchev–Trinajstić information content (AvgIpc) is 3.04. The number of hydrogen-bond acceptors (Lipinski definition) is 4. The first-order chi connectivity index (χ1) is 10.7. The van der Waals surface area contributed by atoms with Gasteiger partial charge in [-0.05, 0) is 43.0 Å². The van der Waals surface area contributed by atoms with Crippen LogP contribution in [-0.2, 0) is 0 Å². The molecular formula is C17H20N2O3. The zero-order chi connectivity index (χ0) is 15.5. The topological polar surface area (TPSA) is 55.6 Å². The number of benzene rings is 1. The molecule has 1 aromatic carbocycles. The SMILES string of the molecule is COc1ccc(-c2oncc2C(=O)N2CCCC(C)C2)cc1. The highest BCUT2D eigenvalue weighted by Gasteiger charge is 2.26. The number of amides is 1. The van der Waals surface area contributed by atoms with Crippen LogP contribution in [-0.4, -0.2) is 36.2 Å². The third-order valence-corrected chi connectivity index (χ3v) is 4.10. The van der Waals surface area contributed by atoms with Crippen LogP contribution in [0.25, 0.3) is 11.3 Å². The molecule has 22 heavy (non-hydrogen) atoms. The Bertz CT molecular complexity index is 648. The maximum Gasteiger partial charge on any atom is 0.259 e. The molecule has 1 fully saturated rings. The molecule has 0 radical (unpaired) electrons. The van der Waals surface area contributed by atoms with Gasteiger partial charge in [0.15, 0.2) is 5.76 Å². The maximum absolute atomic E-state index is 12.7. The van der Waals surface area contributed by atoms with Crippen LogP contribution in [0.3, 0.4) is 0 Å². The monoisotopic (exact) mass is 300 g/mol. The summed E-state index contributed by atoms with van der Waals surface area (Å²) in [6.45, 7) is 3.78. The molecule has 1 atom stereocenters. The van der Waals surface area contributed by atoms with Crippen molar-refractivity contribution in [3.63, 3.8) is 0 Å². The molecule has 5 nitrogen and oxygen atoms in total. The Morgan fingerprint density at radius 2 is 2.14 bits per heavy atom. The lowest BCUT2D eigenvalue weighted by atomic mass is 9.99. The van der Waals surface area contributed by atoms with Crippen molar-refractivity contribution >= 4 is 5.91 Å². The average molecular weight is 300 g/mol. The van der Waals surface area contributed by atoms with Gasteiger partial charge in [0.2, 0.25) is 0 Å². The van der Waals surface area contributed by atoms with Crippen molar-refractivity contribution in [1.29, 1.82) is 0 Å². The van der Waals surface area contributed by atoms with Crippen molar-refractivity contribution < 1.29 is 14.1 Å². The molecule has 0 N–H and O–H groups in total. The van der Waals surface area contributed by atoms with Crippen molar-refractivity contribution in [2.24, 2.45) is 5.92 Å². The van der Waals surface area contributed by atoms with E-state index in [-0.39, 0.29) is 5.91 Å². The van der Waals surface area contributed by atoms with Gasteiger partial charge in [-0.3, -0.25) is 4.79 Å². The first-order valence-corrected chi connectivity index (χ1v) is 7.57. The predicted octanol–water partition coefficient (Wildman–Crippen LogP) is 3.22. The minimum atomic E-state index is -0.00128. The molecule has 0 aliphatic carbocycles. The number of ether oxygens (including phenoxy) is 1. The fourth-order valence-corrected chi connectivity index (χ4v) is 2.89. The summed E-state index contributed by atoms with van der Waals surface area (Å²) < 4.78 is 10.5. The minimum Gasteiger partial charge on any atom is -0.497 e. The van der Waals surface area contributed by atoms with E-state index in [2.05, 4.69) is 12.1 Å². The van der Waals surface area contributed by atoms with Gasteiger partial charge in [-0.1, -0.05) is 12.1 Å². The van der Waals surface area contributed by atoms with Crippen LogP contribution in [0.5, 0.6) is 5.75 Å². The lowest BCUT2D eigenvalue weighted by Crippen LogP contribution is -2.39. The van der Waals surface area contributed by atoms with Gasteiger partial charge in [0.1, 0.15) is 11.3 Å². The molecule has 1 aliphatic heterocycles. The van der Waals surface area contributed by atoms with E-state index < -0.39 is 0 Å². The Kier molecular flexibility index (Phi) is 4.13. The van der Waals surface area contributed by atoms with Crippen LogP contribution in [0.15, 0.2) is 35.0 Å². The second-order valence-corrected chi connectivity index (χ2v) is 5.80. The number of hydrogen-bond donors (Lipinski definition) is 0. The molecule has 1 aliphatic rings. The summed E-state index contributed by atoms with van der Waals surface area (Å²) in [6.07, 6.45) is 3.75. The summed E-state index contributed by atoms with van der Waals surface area (Å²) in [5.74, 6) is 1.83. The molecule has 0 spiro atoms.